The average molecular weight is 354 g/mol. The van der Waals surface area contributed by atoms with Crippen molar-refractivity contribution in [3.63, 3.8) is 0 Å². The van der Waals surface area contributed by atoms with E-state index in [1.54, 1.807) is 0 Å². The molecule has 0 unspecified atom stereocenters. The van der Waals surface area contributed by atoms with Crippen molar-refractivity contribution in [3.8, 4) is 0 Å². The van der Waals surface area contributed by atoms with E-state index in [1.165, 1.54) is 83.4 Å². The summed E-state index contributed by atoms with van der Waals surface area (Å²) < 4.78 is 0. The van der Waals surface area contributed by atoms with E-state index in [0.717, 1.165) is 19.5 Å². The number of hydrogen-bond donors (Lipinski definition) is 1. The summed E-state index contributed by atoms with van der Waals surface area (Å²) in [5.41, 5.74) is 0. The molecule has 0 aliphatic heterocycles. The highest BCUT2D eigenvalue weighted by atomic mass is 16.1. The van der Waals surface area contributed by atoms with Crippen molar-refractivity contribution in [1.29, 1.82) is 0 Å². The van der Waals surface area contributed by atoms with Gasteiger partial charge in [0.2, 0.25) is 5.91 Å². The molecule has 25 heavy (non-hydrogen) atoms. The summed E-state index contributed by atoms with van der Waals surface area (Å²) in [4.78, 5) is 15.7. The maximum atomic E-state index is 11.0. The molecule has 148 valence electrons. The minimum Gasteiger partial charge on any atom is -0.353 e. The van der Waals surface area contributed by atoms with E-state index in [0.29, 0.717) is 0 Å². The van der Waals surface area contributed by atoms with Crippen LogP contribution in [0.1, 0.15) is 70.6 Å². The zero-order valence-corrected chi connectivity index (χ0v) is 17.2. The molecule has 4 nitrogen and oxygen atoms in total. The highest BCUT2D eigenvalue weighted by Crippen LogP contribution is 2.11. The van der Waals surface area contributed by atoms with Gasteiger partial charge in [-0.1, -0.05) is 57.9 Å². The van der Waals surface area contributed by atoms with Crippen LogP contribution in [0, 0.1) is 0 Å². The predicted octanol–water partition coefficient (Wildman–Crippen LogP) is 4.07. The Hall–Kier alpha value is -0.870. The molecule has 0 atom stereocenters. The van der Waals surface area contributed by atoms with Gasteiger partial charge < -0.3 is 15.1 Å². The number of unbranched alkanes of at least 4 members (excludes halogenated alkanes) is 9. The van der Waals surface area contributed by atoms with E-state index < -0.39 is 0 Å². The van der Waals surface area contributed by atoms with Gasteiger partial charge in [-0.3, -0.25) is 4.79 Å². The predicted molar refractivity (Wildman–Crippen MR) is 110 cm³/mol. The fraction of sp³-hybridized carbons (Fsp3) is 0.857. The Morgan fingerprint density at radius 3 is 1.68 bits per heavy atom. The molecule has 0 heterocycles. The van der Waals surface area contributed by atoms with Crippen molar-refractivity contribution < 1.29 is 4.79 Å². The van der Waals surface area contributed by atoms with Crippen LogP contribution in [0.4, 0.5) is 0 Å². The normalized spacial score (nSPS) is 11.2. The van der Waals surface area contributed by atoms with E-state index in [9.17, 15) is 4.79 Å². The molecule has 1 amide bonds. The van der Waals surface area contributed by atoms with Crippen molar-refractivity contribution in [2.24, 2.45) is 0 Å². The second kappa shape index (κ2) is 17.9. The van der Waals surface area contributed by atoms with Crippen molar-refractivity contribution in [2.45, 2.75) is 70.6 Å². The lowest BCUT2D eigenvalue weighted by molar-refractivity contribution is -0.116. The first-order valence-electron chi connectivity index (χ1n) is 10.3. The Morgan fingerprint density at radius 1 is 0.760 bits per heavy atom. The first kappa shape index (κ1) is 24.1. The molecular formula is C21H43N3O. The Morgan fingerprint density at radius 2 is 1.20 bits per heavy atom. The summed E-state index contributed by atoms with van der Waals surface area (Å²) in [7, 11) is 6.48. The van der Waals surface area contributed by atoms with Crippen LogP contribution < -0.4 is 5.32 Å². The highest BCUT2D eigenvalue weighted by Gasteiger charge is 1.99. The molecule has 0 fully saturated rings. The fourth-order valence-corrected chi connectivity index (χ4v) is 2.97. The van der Waals surface area contributed by atoms with Crippen molar-refractivity contribution in [1.82, 2.24) is 15.1 Å². The molecule has 4 heteroatoms. The number of nitrogens with zero attached hydrogens (tertiary/aromatic N) is 2. The van der Waals surface area contributed by atoms with E-state index >= 15 is 0 Å². The van der Waals surface area contributed by atoms with Gasteiger partial charge in [0, 0.05) is 6.54 Å². The van der Waals surface area contributed by atoms with Gasteiger partial charge in [-0.2, -0.15) is 0 Å². The Balaban J connectivity index is 3.19. The third kappa shape index (κ3) is 19.3. The molecule has 0 saturated heterocycles. The number of nitrogens with one attached hydrogen (secondary N) is 1. The minimum absolute atomic E-state index is 0.0729. The fourth-order valence-electron chi connectivity index (χ4n) is 2.97. The van der Waals surface area contributed by atoms with Gasteiger partial charge in [0.15, 0.2) is 0 Å². The van der Waals surface area contributed by atoms with E-state index in [1.807, 2.05) is 0 Å². The molecule has 0 aromatic carbocycles. The molecule has 0 rings (SSSR count). The van der Waals surface area contributed by atoms with Crippen LogP contribution in [0.3, 0.4) is 0 Å². The summed E-state index contributed by atoms with van der Waals surface area (Å²) in [5.74, 6) is -0.0729. The second-order valence-corrected chi connectivity index (χ2v) is 7.49. The summed E-state index contributed by atoms with van der Waals surface area (Å²) in [6, 6.07) is 0. The Bertz CT molecular complexity index is 318. The lowest BCUT2D eigenvalue weighted by Gasteiger charge is -2.16. The quantitative estimate of drug-likeness (QED) is 0.298. The first-order valence-corrected chi connectivity index (χ1v) is 10.3. The summed E-state index contributed by atoms with van der Waals surface area (Å²) in [6.45, 7) is 7.64. The van der Waals surface area contributed by atoms with E-state index in [4.69, 9.17) is 0 Å². The van der Waals surface area contributed by atoms with Gasteiger partial charge in [0.1, 0.15) is 0 Å². The molecule has 1 N–H and O–H groups in total. The van der Waals surface area contributed by atoms with Gasteiger partial charge in [-0.05, 0) is 66.1 Å². The molecule has 0 aromatic heterocycles. The second-order valence-electron chi connectivity index (χ2n) is 7.49. The van der Waals surface area contributed by atoms with Gasteiger partial charge in [-0.25, -0.2) is 0 Å². The number of hydrogen-bond acceptors (Lipinski definition) is 3. The molecule has 0 aromatic rings. The van der Waals surface area contributed by atoms with Crippen LogP contribution in [0.15, 0.2) is 12.7 Å². The standard InChI is InChI=1S/C21H43N3O/c1-5-21(25)22-17-16-20-24(4)19-15-13-11-9-7-6-8-10-12-14-18-23(2)3/h5H,1,6-20H2,2-4H3,(H,22,25). The Labute approximate surface area is 157 Å². The first-order chi connectivity index (χ1) is 12.1. The van der Waals surface area contributed by atoms with Crippen LogP contribution in [0.5, 0.6) is 0 Å². The topological polar surface area (TPSA) is 35.6 Å². The van der Waals surface area contributed by atoms with Gasteiger partial charge >= 0.3 is 0 Å². The van der Waals surface area contributed by atoms with Crippen LogP contribution in [-0.2, 0) is 4.79 Å². The highest BCUT2D eigenvalue weighted by molar-refractivity contribution is 5.86. The summed E-state index contributed by atoms with van der Waals surface area (Å²) >= 11 is 0. The van der Waals surface area contributed by atoms with E-state index in [2.05, 4.69) is 42.8 Å². The Kier molecular flexibility index (Phi) is 17.3. The third-order valence-corrected chi connectivity index (χ3v) is 4.60. The number of carbonyl (C=O) groups excluding carboxylic acids is 1. The van der Waals surface area contributed by atoms with Crippen molar-refractivity contribution in [3.05, 3.63) is 12.7 Å². The van der Waals surface area contributed by atoms with Crippen LogP contribution in [0.2, 0.25) is 0 Å². The van der Waals surface area contributed by atoms with Gasteiger partial charge in [0.05, 0.1) is 0 Å². The van der Waals surface area contributed by atoms with Gasteiger partial charge in [-0.15, -0.1) is 0 Å². The van der Waals surface area contributed by atoms with Crippen molar-refractivity contribution in [2.75, 3.05) is 47.3 Å². The SMILES string of the molecule is C=CC(=O)NCCCN(C)CCCCCCCCCCCCN(C)C. The monoisotopic (exact) mass is 353 g/mol. The van der Waals surface area contributed by atoms with E-state index in [-0.39, 0.29) is 5.91 Å². The van der Waals surface area contributed by atoms with Crippen molar-refractivity contribution >= 4 is 5.91 Å². The molecule has 0 bridgehead atoms. The number of amides is 1. The summed E-state index contributed by atoms with van der Waals surface area (Å²) in [6.07, 6.45) is 16.1. The molecule has 0 spiro atoms. The minimum atomic E-state index is -0.0729. The zero-order valence-electron chi connectivity index (χ0n) is 17.2. The largest absolute Gasteiger partial charge is 0.353 e. The number of carbonyl (C=O) groups is 1. The van der Waals surface area contributed by atoms with Crippen LogP contribution in [0.25, 0.3) is 0 Å². The molecule has 0 aliphatic rings. The molecule has 0 aliphatic carbocycles. The lowest BCUT2D eigenvalue weighted by Crippen LogP contribution is -2.27. The number of rotatable bonds is 18. The van der Waals surface area contributed by atoms with Crippen LogP contribution in [-0.4, -0.2) is 63.0 Å². The molecule has 0 radical (unpaired) electrons. The van der Waals surface area contributed by atoms with Crippen LogP contribution >= 0.6 is 0 Å². The van der Waals surface area contributed by atoms with Gasteiger partial charge in [0.25, 0.3) is 0 Å². The zero-order chi connectivity index (χ0) is 18.8. The smallest absolute Gasteiger partial charge is 0.243 e. The molecule has 0 saturated carbocycles. The summed E-state index contributed by atoms with van der Waals surface area (Å²) in [5, 5.41) is 2.82. The maximum Gasteiger partial charge on any atom is 0.243 e. The lowest BCUT2D eigenvalue weighted by atomic mass is 10.1. The average Bonchev–Trinajstić information content (AvgIpc) is 2.59. The molecular weight excluding hydrogens is 310 g/mol. The maximum absolute atomic E-state index is 11.0. The third-order valence-electron chi connectivity index (χ3n) is 4.60.